The van der Waals surface area contributed by atoms with Crippen LogP contribution in [0.4, 0.5) is 5.69 Å². The summed E-state index contributed by atoms with van der Waals surface area (Å²) in [5, 5.41) is 12.4. The number of anilines is 1. The molecule has 5 heteroatoms. The van der Waals surface area contributed by atoms with Crippen LogP contribution in [0.25, 0.3) is 6.08 Å². The number of ether oxygens (including phenoxy) is 1. The Morgan fingerprint density at radius 2 is 2.42 bits per heavy atom. The first-order valence-electron chi connectivity index (χ1n) is 6.31. The van der Waals surface area contributed by atoms with E-state index in [1.807, 2.05) is 0 Å². The molecule has 1 aromatic carbocycles. The second kappa shape index (κ2) is 6.24. The average molecular weight is 262 g/mol. The number of hydrogen-bond donors (Lipinski definition) is 3. The van der Waals surface area contributed by atoms with Crippen LogP contribution < -0.4 is 11.1 Å². The third kappa shape index (κ3) is 3.99. The molecule has 1 amide bonds. The van der Waals surface area contributed by atoms with E-state index in [1.54, 1.807) is 12.1 Å². The fraction of sp³-hybridized carbons (Fsp3) is 0.357. The number of amides is 1. The largest absolute Gasteiger partial charge is 0.507 e. The second-order valence-corrected chi connectivity index (χ2v) is 4.53. The van der Waals surface area contributed by atoms with Crippen molar-refractivity contribution in [2.24, 2.45) is 0 Å². The van der Waals surface area contributed by atoms with Crippen LogP contribution in [0.2, 0.25) is 0 Å². The van der Waals surface area contributed by atoms with Gasteiger partial charge in [-0.3, -0.25) is 4.79 Å². The van der Waals surface area contributed by atoms with Gasteiger partial charge in [0.05, 0.1) is 6.10 Å². The van der Waals surface area contributed by atoms with E-state index in [1.165, 1.54) is 18.2 Å². The SMILES string of the molecule is Nc1ccc(O)c(C=CC(=O)NCC2CCCO2)c1. The molecule has 0 aliphatic carbocycles. The zero-order valence-corrected chi connectivity index (χ0v) is 10.6. The minimum atomic E-state index is -0.211. The molecule has 0 saturated carbocycles. The molecular formula is C14H18N2O3. The number of phenolic OH excluding ortho intramolecular Hbond substituents is 1. The molecule has 1 heterocycles. The van der Waals surface area contributed by atoms with E-state index in [-0.39, 0.29) is 17.8 Å². The first-order chi connectivity index (χ1) is 9.15. The van der Waals surface area contributed by atoms with Crippen molar-refractivity contribution in [3.05, 3.63) is 29.8 Å². The molecule has 2 rings (SSSR count). The number of nitrogens with one attached hydrogen (secondary N) is 1. The van der Waals surface area contributed by atoms with E-state index in [0.29, 0.717) is 17.8 Å². The zero-order chi connectivity index (χ0) is 13.7. The molecule has 1 atom stereocenters. The van der Waals surface area contributed by atoms with Crippen molar-refractivity contribution in [1.29, 1.82) is 0 Å². The second-order valence-electron chi connectivity index (χ2n) is 4.53. The van der Waals surface area contributed by atoms with Crippen molar-refractivity contribution in [3.63, 3.8) is 0 Å². The smallest absolute Gasteiger partial charge is 0.244 e. The maximum Gasteiger partial charge on any atom is 0.244 e. The van der Waals surface area contributed by atoms with Crippen molar-refractivity contribution in [3.8, 4) is 5.75 Å². The number of nitrogen functional groups attached to an aromatic ring is 1. The Bertz CT molecular complexity index is 480. The van der Waals surface area contributed by atoms with Crippen LogP contribution in [0.5, 0.6) is 5.75 Å². The monoisotopic (exact) mass is 262 g/mol. The highest BCUT2D eigenvalue weighted by atomic mass is 16.5. The van der Waals surface area contributed by atoms with Gasteiger partial charge in [0, 0.05) is 30.5 Å². The van der Waals surface area contributed by atoms with Crippen molar-refractivity contribution < 1.29 is 14.6 Å². The molecule has 5 nitrogen and oxygen atoms in total. The molecule has 19 heavy (non-hydrogen) atoms. The van der Waals surface area contributed by atoms with Gasteiger partial charge in [-0.15, -0.1) is 0 Å². The third-order valence-electron chi connectivity index (χ3n) is 2.99. The highest BCUT2D eigenvalue weighted by molar-refractivity contribution is 5.92. The molecule has 0 aromatic heterocycles. The summed E-state index contributed by atoms with van der Waals surface area (Å²) in [6, 6.07) is 4.71. The first kappa shape index (κ1) is 13.4. The van der Waals surface area contributed by atoms with E-state index >= 15 is 0 Å². The van der Waals surface area contributed by atoms with E-state index < -0.39 is 0 Å². The third-order valence-corrected chi connectivity index (χ3v) is 2.99. The summed E-state index contributed by atoms with van der Waals surface area (Å²) in [6.07, 6.45) is 5.08. The van der Waals surface area contributed by atoms with Gasteiger partial charge in [-0.1, -0.05) is 0 Å². The zero-order valence-electron chi connectivity index (χ0n) is 10.6. The maximum atomic E-state index is 11.6. The van der Waals surface area contributed by atoms with Gasteiger partial charge in [-0.05, 0) is 37.1 Å². The number of nitrogens with two attached hydrogens (primary N) is 1. The molecule has 0 bridgehead atoms. The minimum absolute atomic E-state index is 0.0948. The van der Waals surface area contributed by atoms with Gasteiger partial charge in [0.25, 0.3) is 0 Å². The Morgan fingerprint density at radius 1 is 1.58 bits per heavy atom. The fourth-order valence-corrected chi connectivity index (χ4v) is 1.95. The van der Waals surface area contributed by atoms with Crippen molar-refractivity contribution in [2.75, 3.05) is 18.9 Å². The molecule has 1 aliphatic heterocycles. The summed E-state index contributed by atoms with van der Waals surface area (Å²) in [5.74, 6) is -0.116. The van der Waals surface area contributed by atoms with Crippen molar-refractivity contribution in [1.82, 2.24) is 5.32 Å². The molecule has 1 aromatic rings. The normalized spacial score (nSPS) is 18.8. The van der Waals surface area contributed by atoms with E-state index in [2.05, 4.69) is 5.32 Å². The average Bonchev–Trinajstić information content (AvgIpc) is 2.90. The number of carbonyl (C=O) groups excluding carboxylic acids is 1. The quantitative estimate of drug-likeness (QED) is 0.433. The van der Waals surface area contributed by atoms with Gasteiger partial charge in [-0.25, -0.2) is 0 Å². The Hall–Kier alpha value is -2.01. The Balaban J connectivity index is 1.86. The maximum absolute atomic E-state index is 11.6. The van der Waals surface area contributed by atoms with Gasteiger partial charge < -0.3 is 20.9 Å². The lowest BCUT2D eigenvalue weighted by molar-refractivity contribution is -0.116. The molecule has 1 saturated heterocycles. The summed E-state index contributed by atoms with van der Waals surface area (Å²) in [5.41, 5.74) is 6.67. The van der Waals surface area contributed by atoms with Gasteiger partial charge in [-0.2, -0.15) is 0 Å². The summed E-state index contributed by atoms with van der Waals surface area (Å²) in [6.45, 7) is 1.29. The Kier molecular flexibility index (Phi) is 4.41. The van der Waals surface area contributed by atoms with Crippen LogP contribution in [-0.4, -0.2) is 30.3 Å². The predicted octanol–water partition coefficient (Wildman–Crippen LogP) is 1.28. The Labute approximate surface area is 112 Å². The molecule has 102 valence electrons. The van der Waals surface area contributed by atoms with Crippen LogP contribution in [0.15, 0.2) is 24.3 Å². The van der Waals surface area contributed by atoms with E-state index in [4.69, 9.17) is 10.5 Å². The van der Waals surface area contributed by atoms with Crippen LogP contribution >= 0.6 is 0 Å². The predicted molar refractivity (Wildman–Crippen MR) is 73.5 cm³/mol. The van der Waals surface area contributed by atoms with Crippen LogP contribution in [0.1, 0.15) is 18.4 Å². The van der Waals surface area contributed by atoms with Crippen LogP contribution in [-0.2, 0) is 9.53 Å². The number of aromatic hydroxyl groups is 1. The number of hydrogen-bond acceptors (Lipinski definition) is 4. The van der Waals surface area contributed by atoms with Gasteiger partial charge in [0.2, 0.25) is 5.91 Å². The van der Waals surface area contributed by atoms with Crippen LogP contribution in [0, 0.1) is 0 Å². The molecule has 1 unspecified atom stereocenters. The summed E-state index contributed by atoms with van der Waals surface area (Å²) < 4.78 is 5.41. The Morgan fingerprint density at radius 3 is 3.16 bits per heavy atom. The molecule has 1 fully saturated rings. The van der Waals surface area contributed by atoms with Gasteiger partial charge in [0.1, 0.15) is 5.75 Å². The van der Waals surface area contributed by atoms with E-state index in [0.717, 1.165) is 19.4 Å². The lowest BCUT2D eigenvalue weighted by Gasteiger charge is -2.08. The van der Waals surface area contributed by atoms with E-state index in [9.17, 15) is 9.90 Å². The van der Waals surface area contributed by atoms with Gasteiger partial charge >= 0.3 is 0 Å². The fourth-order valence-electron chi connectivity index (χ4n) is 1.95. The summed E-state index contributed by atoms with van der Waals surface area (Å²) >= 11 is 0. The number of phenols is 1. The first-order valence-corrected chi connectivity index (χ1v) is 6.31. The molecular weight excluding hydrogens is 244 g/mol. The highest BCUT2D eigenvalue weighted by Gasteiger charge is 2.15. The topological polar surface area (TPSA) is 84.6 Å². The molecule has 0 spiro atoms. The van der Waals surface area contributed by atoms with Crippen molar-refractivity contribution >= 4 is 17.7 Å². The number of carbonyl (C=O) groups is 1. The van der Waals surface area contributed by atoms with Crippen LogP contribution in [0.3, 0.4) is 0 Å². The summed E-state index contributed by atoms with van der Waals surface area (Å²) in [7, 11) is 0. The lowest BCUT2D eigenvalue weighted by Crippen LogP contribution is -2.30. The number of rotatable bonds is 4. The summed E-state index contributed by atoms with van der Waals surface area (Å²) in [4.78, 5) is 11.6. The minimum Gasteiger partial charge on any atom is -0.507 e. The lowest BCUT2D eigenvalue weighted by atomic mass is 10.1. The molecule has 0 radical (unpaired) electrons. The molecule has 1 aliphatic rings. The molecule has 4 N–H and O–H groups in total. The standard InChI is InChI=1S/C14H18N2O3/c15-11-4-5-13(17)10(8-11)3-6-14(18)16-9-12-2-1-7-19-12/h3-6,8,12,17H,1-2,7,9,15H2,(H,16,18). The van der Waals surface area contributed by atoms with Crippen molar-refractivity contribution in [2.45, 2.75) is 18.9 Å². The highest BCUT2D eigenvalue weighted by Crippen LogP contribution is 2.20. The van der Waals surface area contributed by atoms with Gasteiger partial charge in [0.15, 0.2) is 0 Å². The number of benzene rings is 1.